The Morgan fingerprint density at radius 3 is 2.73 bits per heavy atom. The summed E-state index contributed by atoms with van der Waals surface area (Å²) in [7, 11) is -2.02. The van der Waals surface area contributed by atoms with Gasteiger partial charge in [-0.15, -0.1) is 11.3 Å². The van der Waals surface area contributed by atoms with Gasteiger partial charge in [-0.3, -0.25) is 9.59 Å². The van der Waals surface area contributed by atoms with Crippen LogP contribution < -0.4 is 10.9 Å². The predicted octanol–water partition coefficient (Wildman–Crippen LogP) is 1.66. The zero-order valence-electron chi connectivity index (χ0n) is 14.4. The summed E-state index contributed by atoms with van der Waals surface area (Å²) in [6.45, 7) is 1.88. The number of carbonyl (C=O) groups excluding carboxylic acids is 1. The van der Waals surface area contributed by atoms with Crippen molar-refractivity contribution < 1.29 is 13.2 Å². The van der Waals surface area contributed by atoms with E-state index in [1.807, 2.05) is 0 Å². The van der Waals surface area contributed by atoms with Crippen molar-refractivity contribution in [1.29, 1.82) is 0 Å². The normalized spacial score (nSPS) is 22.0. The lowest BCUT2D eigenvalue weighted by molar-refractivity contribution is 0.0929. The Labute approximate surface area is 155 Å². The standard InChI is InChI=1S/C17H19N3O4S2/c1-10-5-7-20(11-3-4-11)17(22)14(10)16(21)18-12-9-19(2)26(23,24)13-6-8-25-15(12)13/h5-8,11-12H,3-4,9H2,1-2H3,(H,18,21). The van der Waals surface area contributed by atoms with E-state index in [0.717, 1.165) is 12.8 Å². The van der Waals surface area contributed by atoms with Gasteiger partial charge in [-0.2, -0.15) is 4.31 Å². The third-order valence-corrected chi connectivity index (χ3v) is 7.94. The van der Waals surface area contributed by atoms with E-state index in [9.17, 15) is 18.0 Å². The smallest absolute Gasteiger partial charge is 0.263 e. The molecule has 9 heteroatoms. The number of nitrogens with one attached hydrogen (secondary N) is 1. The second-order valence-corrected chi connectivity index (χ2v) is 9.74. The van der Waals surface area contributed by atoms with Crippen LogP contribution >= 0.6 is 11.3 Å². The minimum atomic E-state index is -3.51. The molecule has 2 aromatic rings. The van der Waals surface area contributed by atoms with E-state index < -0.39 is 22.0 Å². The topological polar surface area (TPSA) is 88.5 Å². The monoisotopic (exact) mass is 393 g/mol. The molecule has 0 radical (unpaired) electrons. The molecule has 2 aliphatic rings. The zero-order valence-corrected chi connectivity index (χ0v) is 16.1. The number of thiophene rings is 1. The Hall–Kier alpha value is -1.97. The third-order valence-electron chi connectivity index (χ3n) is 4.90. The van der Waals surface area contributed by atoms with Crippen LogP contribution in [0.3, 0.4) is 0 Å². The van der Waals surface area contributed by atoms with Gasteiger partial charge in [0.1, 0.15) is 5.56 Å². The van der Waals surface area contributed by atoms with Gasteiger partial charge in [-0.1, -0.05) is 0 Å². The Morgan fingerprint density at radius 1 is 1.31 bits per heavy atom. The number of hydrogen-bond acceptors (Lipinski definition) is 5. The maximum atomic E-state index is 12.9. The molecular weight excluding hydrogens is 374 g/mol. The number of carbonyl (C=O) groups is 1. The van der Waals surface area contributed by atoms with E-state index in [1.165, 1.54) is 22.7 Å². The molecule has 0 saturated heterocycles. The van der Waals surface area contributed by atoms with Crippen LogP contribution in [0.2, 0.25) is 0 Å². The van der Waals surface area contributed by atoms with Crippen LogP contribution in [0.1, 0.15) is 45.7 Å². The number of aryl methyl sites for hydroxylation is 1. The number of hydrogen-bond donors (Lipinski definition) is 1. The number of amides is 1. The molecule has 1 unspecified atom stereocenters. The summed E-state index contributed by atoms with van der Waals surface area (Å²) in [5, 5.41) is 4.57. The van der Waals surface area contributed by atoms with E-state index >= 15 is 0 Å². The molecular formula is C17H19N3O4S2. The van der Waals surface area contributed by atoms with E-state index in [0.29, 0.717) is 10.4 Å². The van der Waals surface area contributed by atoms with Crippen LogP contribution in [0.25, 0.3) is 0 Å². The van der Waals surface area contributed by atoms with E-state index in [-0.39, 0.29) is 28.6 Å². The van der Waals surface area contributed by atoms with Crippen molar-refractivity contribution in [3.05, 3.63) is 50.1 Å². The van der Waals surface area contributed by atoms with Gasteiger partial charge >= 0.3 is 0 Å². The first-order valence-electron chi connectivity index (χ1n) is 8.37. The van der Waals surface area contributed by atoms with Gasteiger partial charge in [0.15, 0.2) is 0 Å². The lowest BCUT2D eigenvalue weighted by Gasteiger charge is -2.30. The van der Waals surface area contributed by atoms with E-state index in [1.54, 1.807) is 35.2 Å². The summed E-state index contributed by atoms with van der Waals surface area (Å²) < 4.78 is 27.6. The molecule has 0 bridgehead atoms. The Kier molecular flexibility index (Phi) is 4.05. The quantitative estimate of drug-likeness (QED) is 0.859. The molecule has 1 amide bonds. The molecule has 3 heterocycles. The van der Waals surface area contributed by atoms with Crippen molar-refractivity contribution in [3.63, 3.8) is 0 Å². The molecule has 138 valence electrons. The van der Waals surface area contributed by atoms with Gasteiger partial charge in [0.05, 0.1) is 10.9 Å². The lowest BCUT2D eigenvalue weighted by Crippen LogP contribution is -2.44. The summed E-state index contributed by atoms with van der Waals surface area (Å²) >= 11 is 1.30. The zero-order chi connectivity index (χ0) is 18.6. The number of nitrogens with zero attached hydrogens (tertiary/aromatic N) is 2. The SMILES string of the molecule is Cc1ccn(C2CC2)c(=O)c1C(=O)NC1CN(C)S(=O)(=O)c2ccsc21. The summed E-state index contributed by atoms with van der Waals surface area (Å²) in [6.07, 6.45) is 3.65. The maximum Gasteiger partial charge on any atom is 0.263 e. The number of aromatic nitrogens is 1. The van der Waals surface area contributed by atoms with Gasteiger partial charge in [-0.25, -0.2) is 8.42 Å². The molecule has 26 heavy (non-hydrogen) atoms. The van der Waals surface area contributed by atoms with Crippen LogP contribution in [0.15, 0.2) is 33.4 Å². The molecule has 1 N–H and O–H groups in total. The first-order valence-corrected chi connectivity index (χ1v) is 10.7. The molecule has 1 fully saturated rings. The molecule has 1 saturated carbocycles. The maximum absolute atomic E-state index is 12.9. The Morgan fingerprint density at radius 2 is 2.04 bits per heavy atom. The van der Waals surface area contributed by atoms with Gasteiger partial charge in [-0.05, 0) is 42.8 Å². The summed E-state index contributed by atoms with van der Waals surface area (Å²) in [6, 6.07) is 3.05. The fourth-order valence-electron chi connectivity index (χ4n) is 3.28. The number of rotatable bonds is 3. The van der Waals surface area contributed by atoms with Gasteiger partial charge in [0.25, 0.3) is 11.5 Å². The van der Waals surface area contributed by atoms with Crippen molar-refractivity contribution in [2.24, 2.45) is 0 Å². The molecule has 7 nitrogen and oxygen atoms in total. The van der Waals surface area contributed by atoms with E-state index in [4.69, 9.17) is 0 Å². The number of fused-ring (bicyclic) bond motifs is 1. The molecule has 4 rings (SSSR count). The van der Waals surface area contributed by atoms with Crippen LogP contribution in [0.5, 0.6) is 0 Å². The first kappa shape index (κ1) is 17.4. The van der Waals surface area contributed by atoms with Crippen LogP contribution in [0.4, 0.5) is 0 Å². The molecule has 1 aliphatic heterocycles. The van der Waals surface area contributed by atoms with Gasteiger partial charge < -0.3 is 9.88 Å². The Bertz CT molecular complexity index is 1050. The van der Waals surface area contributed by atoms with Crippen molar-refractivity contribution in [2.45, 2.75) is 36.7 Å². The molecule has 1 atom stereocenters. The third kappa shape index (κ3) is 2.70. The minimum absolute atomic E-state index is 0.133. The number of sulfonamides is 1. The van der Waals surface area contributed by atoms with Crippen molar-refractivity contribution in [2.75, 3.05) is 13.6 Å². The van der Waals surface area contributed by atoms with Crippen LogP contribution in [-0.2, 0) is 10.0 Å². The molecule has 1 aliphatic carbocycles. The van der Waals surface area contributed by atoms with Crippen molar-refractivity contribution in [1.82, 2.24) is 14.2 Å². The fourth-order valence-corrected chi connectivity index (χ4v) is 5.98. The highest BCUT2D eigenvalue weighted by atomic mass is 32.2. The average Bonchev–Trinajstić information content (AvgIpc) is 3.27. The van der Waals surface area contributed by atoms with Crippen LogP contribution in [0, 0.1) is 6.92 Å². The highest BCUT2D eigenvalue weighted by Gasteiger charge is 2.37. The highest BCUT2D eigenvalue weighted by Crippen LogP contribution is 2.36. The molecule has 2 aromatic heterocycles. The summed E-state index contributed by atoms with van der Waals surface area (Å²) in [5.41, 5.74) is 0.467. The number of likely N-dealkylation sites (N-methyl/N-ethyl adjacent to an activating group) is 1. The first-order chi connectivity index (χ1) is 12.3. The average molecular weight is 393 g/mol. The summed E-state index contributed by atoms with van der Waals surface area (Å²) in [4.78, 5) is 26.4. The van der Waals surface area contributed by atoms with Crippen LogP contribution in [-0.4, -0.2) is 36.8 Å². The highest BCUT2D eigenvalue weighted by molar-refractivity contribution is 7.89. The Balaban J connectivity index is 1.68. The second-order valence-electron chi connectivity index (χ2n) is 6.78. The van der Waals surface area contributed by atoms with Crippen molar-refractivity contribution in [3.8, 4) is 0 Å². The second kappa shape index (κ2) is 6.04. The van der Waals surface area contributed by atoms with Gasteiger partial charge in [0, 0.05) is 30.7 Å². The number of pyridine rings is 1. The molecule has 0 aromatic carbocycles. The van der Waals surface area contributed by atoms with E-state index in [2.05, 4.69) is 5.32 Å². The molecule has 0 spiro atoms. The predicted molar refractivity (Wildman–Crippen MR) is 98.1 cm³/mol. The lowest BCUT2D eigenvalue weighted by atomic mass is 10.1. The fraction of sp³-hybridized carbons (Fsp3) is 0.412. The largest absolute Gasteiger partial charge is 0.343 e. The van der Waals surface area contributed by atoms with Crippen molar-refractivity contribution >= 4 is 27.3 Å². The summed E-state index contributed by atoms with van der Waals surface area (Å²) in [5.74, 6) is -0.459. The van der Waals surface area contributed by atoms with Gasteiger partial charge in [0.2, 0.25) is 10.0 Å². The minimum Gasteiger partial charge on any atom is -0.343 e.